The Labute approximate surface area is 277 Å². The van der Waals surface area contributed by atoms with E-state index < -0.39 is 22.0 Å². The van der Waals surface area contributed by atoms with Crippen LogP contribution < -0.4 is 19.7 Å². The van der Waals surface area contributed by atoms with Crippen LogP contribution in [0.15, 0.2) is 97.1 Å². The maximum Gasteiger partial charge on any atom is 0.326 e. The van der Waals surface area contributed by atoms with Crippen molar-refractivity contribution in [3.05, 3.63) is 119 Å². The predicted molar refractivity (Wildman–Crippen MR) is 186 cm³/mol. The highest BCUT2D eigenvalue weighted by Gasteiger charge is 2.23. The number of carboxylic acid groups (broad SMARTS) is 1. The first-order valence-corrected chi connectivity index (χ1v) is 17.5. The minimum Gasteiger partial charge on any atom is -0.480 e. The van der Waals surface area contributed by atoms with Gasteiger partial charge in [0.15, 0.2) is 0 Å². The smallest absolute Gasteiger partial charge is 0.326 e. The van der Waals surface area contributed by atoms with E-state index in [1.54, 1.807) is 19.9 Å². The molecule has 4 aromatic carbocycles. The molecule has 0 radical (unpaired) electrons. The number of carboxylic acids is 1. The summed E-state index contributed by atoms with van der Waals surface area (Å²) in [5, 5.41) is 11.9. The van der Waals surface area contributed by atoms with Gasteiger partial charge < -0.3 is 20.1 Å². The number of rotatable bonds is 16. The molecule has 0 saturated carbocycles. The molecule has 3 N–H and O–H groups in total. The van der Waals surface area contributed by atoms with Gasteiger partial charge in [-0.25, -0.2) is 13.2 Å². The highest BCUT2D eigenvalue weighted by molar-refractivity contribution is 7.92. The van der Waals surface area contributed by atoms with Gasteiger partial charge in [0.25, 0.3) is 0 Å². The first kappa shape index (κ1) is 35.0. The zero-order valence-electron chi connectivity index (χ0n) is 27.3. The van der Waals surface area contributed by atoms with Crippen LogP contribution in [0.4, 0.5) is 11.4 Å². The Bertz CT molecular complexity index is 1740. The van der Waals surface area contributed by atoms with Crippen LogP contribution in [-0.4, -0.2) is 37.7 Å². The van der Waals surface area contributed by atoms with Crippen LogP contribution in [0.2, 0.25) is 0 Å². The normalized spacial score (nSPS) is 11.9. The summed E-state index contributed by atoms with van der Waals surface area (Å²) in [5.41, 5.74) is 5.60. The van der Waals surface area contributed by atoms with Crippen molar-refractivity contribution in [1.82, 2.24) is 5.32 Å². The second-order valence-electron chi connectivity index (χ2n) is 12.0. The summed E-state index contributed by atoms with van der Waals surface area (Å²) in [5.74, 6) is -0.0795. The SMILES string of the molecule is Cc1c(NS(C)(=O)=O)cccc1N(Cc1ccccc1)Cc1ccc(Oc2ccc(CCCC(=O)N[C@H](C(=O)O)C(C)C)cc2)cc1. The lowest BCUT2D eigenvalue weighted by atomic mass is 10.0. The molecule has 0 bridgehead atoms. The lowest BCUT2D eigenvalue weighted by Gasteiger charge is -2.28. The van der Waals surface area contributed by atoms with Crippen molar-refractivity contribution in [2.75, 3.05) is 15.9 Å². The van der Waals surface area contributed by atoms with Crippen LogP contribution in [0.5, 0.6) is 11.5 Å². The molecule has 0 unspecified atom stereocenters. The Kier molecular flexibility index (Phi) is 12.0. The highest BCUT2D eigenvalue weighted by atomic mass is 32.2. The quantitative estimate of drug-likeness (QED) is 0.120. The third-order valence-electron chi connectivity index (χ3n) is 7.73. The number of benzene rings is 4. The first-order chi connectivity index (χ1) is 22.4. The molecule has 1 amide bonds. The van der Waals surface area contributed by atoms with Crippen molar-refractivity contribution in [2.45, 2.75) is 59.2 Å². The van der Waals surface area contributed by atoms with Gasteiger partial charge in [-0.2, -0.15) is 0 Å². The Morgan fingerprint density at radius 3 is 1.94 bits per heavy atom. The average molecular weight is 658 g/mol. The molecule has 1 atom stereocenters. The van der Waals surface area contributed by atoms with E-state index in [9.17, 15) is 23.1 Å². The maximum absolute atomic E-state index is 12.2. The summed E-state index contributed by atoms with van der Waals surface area (Å²) in [6.07, 6.45) is 2.70. The topological polar surface area (TPSA) is 125 Å². The number of anilines is 2. The Morgan fingerprint density at radius 2 is 1.38 bits per heavy atom. The highest BCUT2D eigenvalue weighted by Crippen LogP contribution is 2.31. The second kappa shape index (κ2) is 16.1. The lowest BCUT2D eigenvalue weighted by Crippen LogP contribution is -2.44. The molecule has 0 aromatic heterocycles. The van der Waals surface area contributed by atoms with E-state index in [0.717, 1.165) is 34.2 Å². The number of amides is 1. The summed E-state index contributed by atoms with van der Waals surface area (Å²) in [7, 11) is -3.42. The van der Waals surface area contributed by atoms with E-state index in [1.807, 2.05) is 85.8 Å². The number of carbonyl (C=O) groups is 2. The Balaban J connectivity index is 1.37. The maximum atomic E-state index is 12.2. The third-order valence-corrected chi connectivity index (χ3v) is 8.32. The van der Waals surface area contributed by atoms with E-state index in [4.69, 9.17) is 4.74 Å². The molecule has 0 aliphatic heterocycles. The summed E-state index contributed by atoms with van der Waals surface area (Å²) in [4.78, 5) is 25.7. The van der Waals surface area contributed by atoms with Crippen LogP contribution in [-0.2, 0) is 39.1 Å². The number of ether oxygens (including phenoxy) is 1. The molecule has 9 nitrogen and oxygen atoms in total. The second-order valence-corrected chi connectivity index (χ2v) is 13.8. The number of aliphatic carboxylic acids is 1. The van der Waals surface area contributed by atoms with Gasteiger partial charge in [-0.15, -0.1) is 0 Å². The molecular weight excluding hydrogens is 614 g/mol. The molecule has 0 spiro atoms. The van der Waals surface area contributed by atoms with Gasteiger partial charge in [-0.05, 0) is 84.3 Å². The fraction of sp³-hybridized carbons (Fsp3) is 0.297. The van der Waals surface area contributed by atoms with Crippen molar-refractivity contribution in [3.8, 4) is 11.5 Å². The molecule has 4 rings (SSSR count). The fourth-order valence-electron chi connectivity index (χ4n) is 5.26. The Hall–Kier alpha value is -4.83. The molecule has 0 heterocycles. The molecular formula is C37H43N3O6S. The molecule has 0 aliphatic carbocycles. The fourth-order valence-corrected chi connectivity index (χ4v) is 5.88. The number of carbonyl (C=O) groups excluding carboxylic acids is 1. The molecule has 0 saturated heterocycles. The van der Waals surface area contributed by atoms with Crippen LogP contribution >= 0.6 is 0 Å². The monoisotopic (exact) mass is 657 g/mol. The van der Waals surface area contributed by atoms with Crippen LogP contribution in [0.1, 0.15) is 48.9 Å². The predicted octanol–water partition coefficient (Wildman–Crippen LogP) is 6.91. The van der Waals surface area contributed by atoms with Gasteiger partial charge in [0.05, 0.1) is 11.9 Å². The minimum absolute atomic E-state index is 0.186. The van der Waals surface area contributed by atoms with E-state index in [-0.39, 0.29) is 18.2 Å². The molecule has 0 fully saturated rings. The average Bonchev–Trinajstić information content (AvgIpc) is 3.02. The number of hydrogen-bond acceptors (Lipinski definition) is 6. The van der Waals surface area contributed by atoms with Gasteiger partial charge in [-0.3, -0.25) is 9.52 Å². The molecule has 4 aromatic rings. The number of hydrogen-bond donors (Lipinski definition) is 3. The number of aryl methyl sites for hydroxylation is 1. The van der Waals surface area contributed by atoms with E-state index in [1.165, 1.54) is 0 Å². The summed E-state index contributed by atoms with van der Waals surface area (Å²) >= 11 is 0. The van der Waals surface area contributed by atoms with Gasteiger partial charge in [0, 0.05) is 25.2 Å². The van der Waals surface area contributed by atoms with Crippen molar-refractivity contribution in [3.63, 3.8) is 0 Å². The zero-order chi connectivity index (χ0) is 34.0. The summed E-state index contributed by atoms with van der Waals surface area (Å²) in [6, 6.07) is 30.5. The standard InChI is InChI=1S/C37H43N3O6S/c1-26(2)36(37(42)43)38-35(41)15-8-12-28-16-20-31(21-17-28)46-32-22-18-30(19-23-32)25-40(24-29-10-6-5-7-11-29)34-14-9-13-33(27(34)3)39-47(4,44)45/h5-7,9-11,13-14,16-23,26,36,39H,8,12,15,24-25H2,1-4H3,(H,38,41)(H,42,43)/t36-/m0/s1. The van der Waals surface area contributed by atoms with E-state index >= 15 is 0 Å². The first-order valence-electron chi connectivity index (χ1n) is 15.6. The van der Waals surface area contributed by atoms with Gasteiger partial charge in [-0.1, -0.05) is 74.5 Å². The van der Waals surface area contributed by atoms with Gasteiger partial charge >= 0.3 is 5.97 Å². The van der Waals surface area contributed by atoms with Gasteiger partial charge in [0.1, 0.15) is 17.5 Å². The molecule has 248 valence electrons. The van der Waals surface area contributed by atoms with Crippen molar-refractivity contribution >= 4 is 33.3 Å². The third kappa shape index (κ3) is 10.9. The van der Waals surface area contributed by atoms with Crippen molar-refractivity contribution in [2.24, 2.45) is 5.92 Å². The molecule has 0 aliphatic rings. The molecule has 47 heavy (non-hydrogen) atoms. The number of nitrogens with zero attached hydrogens (tertiary/aromatic N) is 1. The summed E-state index contributed by atoms with van der Waals surface area (Å²) in [6.45, 7) is 6.69. The van der Waals surface area contributed by atoms with Crippen LogP contribution in [0.3, 0.4) is 0 Å². The number of nitrogens with one attached hydrogen (secondary N) is 2. The van der Waals surface area contributed by atoms with Gasteiger partial charge in [0.2, 0.25) is 15.9 Å². The Morgan fingerprint density at radius 1 is 0.809 bits per heavy atom. The zero-order valence-corrected chi connectivity index (χ0v) is 28.1. The molecule has 10 heteroatoms. The van der Waals surface area contributed by atoms with Crippen molar-refractivity contribution < 1.29 is 27.9 Å². The van der Waals surface area contributed by atoms with Crippen LogP contribution in [0, 0.1) is 12.8 Å². The number of sulfonamides is 1. The van der Waals surface area contributed by atoms with E-state index in [2.05, 4.69) is 27.1 Å². The van der Waals surface area contributed by atoms with Crippen LogP contribution in [0.25, 0.3) is 0 Å². The largest absolute Gasteiger partial charge is 0.480 e. The lowest BCUT2D eigenvalue weighted by molar-refractivity contribution is -0.143. The minimum atomic E-state index is -3.42. The summed E-state index contributed by atoms with van der Waals surface area (Å²) < 4.78 is 32.6. The van der Waals surface area contributed by atoms with Crippen molar-refractivity contribution in [1.29, 1.82) is 0 Å². The van der Waals surface area contributed by atoms with E-state index in [0.29, 0.717) is 43.1 Å².